The van der Waals surface area contributed by atoms with E-state index in [4.69, 9.17) is 9.47 Å². The molecule has 0 saturated carbocycles. The first-order chi connectivity index (χ1) is 6.67. The van der Waals surface area contributed by atoms with E-state index in [0.717, 1.165) is 0 Å². The van der Waals surface area contributed by atoms with E-state index in [-0.39, 0.29) is 5.75 Å². The Morgan fingerprint density at radius 3 is 2.43 bits per heavy atom. The molecule has 0 radical (unpaired) electrons. The van der Waals surface area contributed by atoms with Crippen LogP contribution >= 0.6 is 0 Å². The summed E-state index contributed by atoms with van der Waals surface area (Å²) in [5.41, 5.74) is 0.643. The van der Waals surface area contributed by atoms with Crippen molar-refractivity contribution in [3.63, 3.8) is 0 Å². The quantitative estimate of drug-likeness (QED) is 0.757. The number of methoxy groups -OCH3 is 2. The summed E-state index contributed by atoms with van der Waals surface area (Å²) < 4.78 is 31.1. The van der Waals surface area contributed by atoms with Crippen LogP contribution in [0.15, 0.2) is 18.2 Å². The van der Waals surface area contributed by atoms with Crippen LogP contribution in [0, 0.1) is 0 Å². The Labute approximate surface area is 84.4 Å². The number of ether oxygens (including phenoxy) is 2. The lowest BCUT2D eigenvalue weighted by atomic mass is 10.2. The van der Waals surface area contributed by atoms with Crippen LogP contribution in [0.2, 0.25) is 0 Å². The van der Waals surface area contributed by atoms with Crippen LogP contribution in [0.25, 0.3) is 0 Å². The van der Waals surface area contributed by atoms with Gasteiger partial charge < -0.3 is 9.47 Å². The molecule has 0 aromatic heterocycles. The van der Waals surface area contributed by atoms with Gasteiger partial charge in [-0.3, -0.25) is 0 Å². The predicted molar refractivity (Wildman–Crippen MR) is 53.6 cm³/mol. The smallest absolute Gasteiger partial charge is 0.144 e. The molecule has 0 saturated heterocycles. The Hall–Kier alpha value is -1.23. The van der Waals surface area contributed by atoms with E-state index in [2.05, 4.69) is 0 Å². The molecule has 0 heterocycles. The van der Waals surface area contributed by atoms with Crippen LogP contribution in [0.4, 0.5) is 0 Å². The zero-order valence-corrected chi connectivity index (χ0v) is 8.91. The summed E-state index contributed by atoms with van der Waals surface area (Å²) in [5.74, 6) is 1.16. The van der Waals surface area contributed by atoms with Crippen LogP contribution in [-0.4, -0.2) is 22.6 Å². The largest absolute Gasteiger partial charge is 0.497 e. The van der Waals surface area contributed by atoms with Crippen molar-refractivity contribution in [1.29, 1.82) is 0 Å². The highest BCUT2D eigenvalue weighted by Crippen LogP contribution is 2.24. The molecule has 1 aromatic rings. The molecule has 0 fully saturated rings. The maximum atomic E-state index is 10.5. The molecule has 14 heavy (non-hydrogen) atoms. The third-order valence-corrected chi connectivity index (χ3v) is 2.39. The van der Waals surface area contributed by atoms with Gasteiger partial charge in [0, 0.05) is 11.6 Å². The Bertz CT molecular complexity index is 376. The van der Waals surface area contributed by atoms with E-state index in [1.165, 1.54) is 7.11 Å². The van der Waals surface area contributed by atoms with Gasteiger partial charge in [0.05, 0.1) is 20.0 Å². The van der Waals surface area contributed by atoms with E-state index in [0.29, 0.717) is 17.1 Å². The standard InChI is InChI=1S/C9H12O4S/c1-12-8-4-3-7(6-14(10)11)9(5-8)13-2/h3-5,14H,6H2,1-2H3. The van der Waals surface area contributed by atoms with E-state index >= 15 is 0 Å². The predicted octanol–water partition coefficient (Wildman–Crippen LogP) is 0.815. The van der Waals surface area contributed by atoms with E-state index in [9.17, 15) is 8.42 Å². The van der Waals surface area contributed by atoms with Gasteiger partial charge in [-0.25, -0.2) is 8.42 Å². The first kappa shape index (κ1) is 10.8. The number of rotatable bonds is 4. The molecular weight excluding hydrogens is 204 g/mol. The molecule has 1 aromatic carbocycles. The van der Waals surface area contributed by atoms with Crippen molar-refractivity contribution in [2.75, 3.05) is 14.2 Å². The molecule has 0 bridgehead atoms. The highest BCUT2D eigenvalue weighted by Gasteiger charge is 2.05. The molecule has 78 valence electrons. The molecule has 0 spiro atoms. The summed E-state index contributed by atoms with van der Waals surface area (Å²) in [4.78, 5) is 0. The molecule has 5 heteroatoms. The first-order valence-electron chi connectivity index (χ1n) is 4.00. The summed E-state index contributed by atoms with van der Waals surface area (Å²) >= 11 is 0. The van der Waals surface area contributed by atoms with Gasteiger partial charge in [-0.15, -0.1) is 0 Å². The minimum atomic E-state index is -2.43. The SMILES string of the molecule is COc1ccc(C[SH](=O)=O)c(OC)c1. The van der Waals surface area contributed by atoms with Crippen molar-refractivity contribution < 1.29 is 17.9 Å². The fourth-order valence-electron chi connectivity index (χ4n) is 1.12. The fraction of sp³-hybridized carbons (Fsp3) is 0.333. The molecule has 1 rings (SSSR count). The van der Waals surface area contributed by atoms with Crippen molar-refractivity contribution in [2.45, 2.75) is 5.75 Å². The average molecular weight is 216 g/mol. The monoisotopic (exact) mass is 216 g/mol. The van der Waals surface area contributed by atoms with Crippen LogP contribution < -0.4 is 9.47 Å². The Kier molecular flexibility index (Phi) is 3.76. The van der Waals surface area contributed by atoms with E-state index < -0.39 is 10.7 Å². The summed E-state index contributed by atoms with van der Waals surface area (Å²) in [6.45, 7) is 0. The van der Waals surface area contributed by atoms with Crippen molar-refractivity contribution in [3.8, 4) is 11.5 Å². The second kappa shape index (κ2) is 4.85. The minimum Gasteiger partial charge on any atom is -0.497 e. The summed E-state index contributed by atoms with van der Waals surface area (Å²) in [7, 11) is 0.607. The van der Waals surface area contributed by atoms with Gasteiger partial charge in [-0.1, -0.05) is 6.07 Å². The molecule has 0 amide bonds. The number of benzene rings is 1. The zero-order valence-electron chi connectivity index (χ0n) is 8.02. The number of hydrogen-bond donors (Lipinski definition) is 1. The van der Waals surface area contributed by atoms with Crippen LogP contribution in [0.1, 0.15) is 5.56 Å². The highest BCUT2D eigenvalue weighted by molar-refractivity contribution is 7.71. The topological polar surface area (TPSA) is 52.6 Å². The maximum absolute atomic E-state index is 10.5. The number of hydrogen-bond acceptors (Lipinski definition) is 4. The van der Waals surface area contributed by atoms with Gasteiger partial charge in [0.15, 0.2) is 0 Å². The Morgan fingerprint density at radius 2 is 1.93 bits per heavy atom. The summed E-state index contributed by atoms with van der Waals surface area (Å²) in [5, 5.41) is 0. The molecule has 4 nitrogen and oxygen atoms in total. The van der Waals surface area contributed by atoms with Crippen molar-refractivity contribution in [2.24, 2.45) is 0 Å². The average Bonchev–Trinajstić information content (AvgIpc) is 2.17. The lowest BCUT2D eigenvalue weighted by Crippen LogP contribution is -1.94. The third kappa shape index (κ3) is 2.63. The molecule has 0 aliphatic rings. The fourth-order valence-corrected chi connectivity index (χ4v) is 1.66. The molecule has 0 aliphatic carbocycles. The minimum absolute atomic E-state index is 0.0114. The Balaban J connectivity index is 3.04. The van der Waals surface area contributed by atoms with Crippen LogP contribution in [0.3, 0.4) is 0 Å². The Morgan fingerprint density at radius 1 is 1.21 bits per heavy atom. The zero-order chi connectivity index (χ0) is 10.6. The maximum Gasteiger partial charge on any atom is 0.144 e. The molecule has 0 aliphatic heterocycles. The van der Waals surface area contributed by atoms with E-state index in [1.807, 2.05) is 0 Å². The van der Waals surface area contributed by atoms with Crippen molar-refractivity contribution >= 4 is 10.7 Å². The molecule has 0 N–H and O–H groups in total. The molecule has 0 atom stereocenters. The first-order valence-corrected chi connectivity index (χ1v) is 5.36. The van der Waals surface area contributed by atoms with Gasteiger partial charge in [0.2, 0.25) is 0 Å². The lowest BCUT2D eigenvalue weighted by Gasteiger charge is -2.07. The van der Waals surface area contributed by atoms with Gasteiger partial charge in [-0.2, -0.15) is 0 Å². The van der Waals surface area contributed by atoms with Gasteiger partial charge in [0.25, 0.3) is 0 Å². The second-order valence-electron chi connectivity index (χ2n) is 2.67. The van der Waals surface area contributed by atoms with Gasteiger partial charge in [0.1, 0.15) is 22.2 Å². The van der Waals surface area contributed by atoms with Crippen molar-refractivity contribution in [3.05, 3.63) is 23.8 Å². The van der Waals surface area contributed by atoms with E-state index in [1.54, 1.807) is 25.3 Å². The lowest BCUT2D eigenvalue weighted by molar-refractivity contribution is 0.392. The summed E-state index contributed by atoms with van der Waals surface area (Å²) in [6.07, 6.45) is 0. The van der Waals surface area contributed by atoms with Crippen LogP contribution in [0.5, 0.6) is 11.5 Å². The van der Waals surface area contributed by atoms with Crippen molar-refractivity contribution in [1.82, 2.24) is 0 Å². The normalized spacial score (nSPS) is 10.2. The second-order valence-corrected chi connectivity index (χ2v) is 3.65. The summed E-state index contributed by atoms with van der Waals surface area (Å²) in [6, 6.07) is 5.05. The van der Waals surface area contributed by atoms with Crippen LogP contribution in [-0.2, 0) is 16.5 Å². The highest BCUT2D eigenvalue weighted by atomic mass is 32.2. The van der Waals surface area contributed by atoms with Gasteiger partial charge >= 0.3 is 0 Å². The molecular formula is C9H12O4S. The third-order valence-electron chi connectivity index (χ3n) is 1.79. The van der Waals surface area contributed by atoms with Gasteiger partial charge in [-0.05, 0) is 6.07 Å². The molecule has 0 unspecified atom stereocenters. The number of thiol groups is 1.